The van der Waals surface area contributed by atoms with Gasteiger partial charge in [-0.2, -0.15) is 0 Å². The number of ketones is 1. The molecule has 2 nitrogen and oxygen atoms in total. The van der Waals surface area contributed by atoms with Crippen molar-refractivity contribution in [3.8, 4) is 5.75 Å². The van der Waals surface area contributed by atoms with Crippen molar-refractivity contribution in [2.75, 3.05) is 6.61 Å². The molecule has 4 heteroatoms. The Hall–Kier alpha value is -1.68. The van der Waals surface area contributed by atoms with Crippen molar-refractivity contribution in [1.29, 1.82) is 0 Å². The van der Waals surface area contributed by atoms with Gasteiger partial charge in [-0.25, -0.2) is 4.39 Å². The second-order valence-corrected chi connectivity index (χ2v) is 5.41. The van der Waals surface area contributed by atoms with E-state index in [9.17, 15) is 9.18 Å². The molecule has 0 fully saturated rings. The van der Waals surface area contributed by atoms with E-state index in [4.69, 9.17) is 4.74 Å². The molecule has 1 aromatic carbocycles. The number of benzene rings is 1. The minimum atomic E-state index is -0.274. The predicted octanol–water partition coefficient (Wildman–Crippen LogP) is 4.02. The molecule has 2 aromatic rings. The highest BCUT2D eigenvalue weighted by molar-refractivity contribution is 7.14. The van der Waals surface area contributed by atoms with Crippen molar-refractivity contribution in [2.45, 2.75) is 20.3 Å². The summed E-state index contributed by atoms with van der Waals surface area (Å²) < 4.78 is 18.5. The van der Waals surface area contributed by atoms with Crippen LogP contribution in [0.25, 0.3) is 0 Å². The number of hydrogen-bond acceptors (Lipinski definition) is 3. The van der Waals surface area contributed by atoms with Crippen molar-refractivity contribution >= 4 is 17.1 Å². The minimum Gasteiger partial charge on any atom is -0.485 e. The van der Waals surface area contributed by atoms with E-state index in [0.29, 0.717) is 16.2 Å². The van der Waals surface area contributed by atoms with E-state index in [2.05, 4.69) is 6.92 Å². The average Bonchev–Trinajstić information content (AvgIpc) is 2.88. The van der Waals surface area contributed by atoms with Gasteiger partial charge in [-0.1, -0.05) is 6.92 Å². The molecule has 1 heterocycles. The number of carbonyl (C=O) groups is 1. The molecule has 1 aromatic heterocycles. The molecule has 0 saturated carbocycles. The third-order valence-electron chi connectivity index (χ3n) is 2.78. The zero-order valence-electron chi connectivity index (χ0n) is 10.9. The third-order valence-corrected chi connectivity index (χ3v) is 4.05. The first-order valence-corrected chi connectivity index (χ1v) is 6.92. The van der Waals surface area contributed by atoms with Gasteiger partial charge in [0.05, 0.1) is 4.88 Å². The highest BCUT2D eigenvalue weighted by atomic mass is 32.1. The lowest BCUT2D eigenvalue weighted by molar-refractivity contribution is 0.0925. The van der Waals surface area contributed by atoms with Crippen molar-refractivity contribution in [1.82, 2.24) is 0 Å². The van der Waals surface area contributed by atoms with Gasteiger partial charge < -0.3 is 4.74 Å². The van der Waals surface area contributed by atoms with Gasteiger partial charge in [0, 0.05) is 4.88 Å². The molecule has 0 aliphatic carbocycles. The average molecular weight is 278 g/mol. The van der Waals surface area contributed by atoms with Gasteiger partial charge in [0.1, 0.15) is 11.6 Å². The van der Waals surface area contributed by atoms with Gasteiger partial charge >= 0.3 is 0 Å². The minimum absolute atomic E-state index is 0.0191. The normalized spacial score (nSPS) is 10.5. The number of aryl methyl sites for hydroxylation is 2. The van der Waals surface area contributed by atoms with Gasteiger partial charge in [0.2, 0.25) is 5.78 Å². The Morgan fingerprint density at radius 1 is 1.32 bits per heavy atom. The van der Waals surface area contributed by atoms with Crippen LogP contribution in [-0.2, 0) is 6.42 Å². The van der Waals surface area contributed by atoms with E-state index in [1.165, 1.54) is 28.3 Å². The van der Waals surface area contributed by atoms with Crippen LogP contribution in [0.1, 0.15) is 27.0 Å². The van der Waals surface area contributed by atoms with E-state index in [1.807, 2.05) is 12.1 Å². The fraction of sp³-hybridized carbons (Fsp3) is 0.267. The Morgan fingerprint density at radius 3 is 2.74 bits per heavy atom. The van der Waals surface area contributed by atoms with Crippen molar-refractivity contribution in [3.63, 3.8) is 0 Å². The monoisotopic (exact) mass is 278 g/mol. The summed E-state index contributed by atoms with van der Waals surface area (Å²) in [5.74, 6) is 0.190. The van der Waals surface area contributed by atoms with Crippen LogP contribution in [0.5, 0.6) is 5.75 Å². The molecule has 0 unspecified atom stereocenters. The molecule has 0 radical (unpaired) electrons. The van der Waals surface area contributed by atoms with E-state index in [0.717, 1.165) is 6.42 Å². The van der Waals surface area contributed by atoms with Gasteiger partial charge in [0.25, 0.3) is 0 Å². The summed E-state index contributed by atoms with van der Waals surface area (Å²) in [6.07, 6.45) is 0.927. The predicted molar refractivity (Wildman–Crippen MR) is 74.7 cm³/mol. The van der Waals surface area contributed by atoms with Crippen molar-refractivity contribution in [2.24, 2.45) is 0 Å². The molecular formula is C15H15FO2S. The smallest absolute Gasteiger partial charge is 0.210 e. The van der Waals surface area contributed by atoms with Gasteiger partial charge in [-0.15, -0.1) is 11.3 Å². The Kier molecular flexibility index (Phi) is 4.32. The third kappa shape index (κ3) is 3.41. The molecule has 2 rings (SSSR count). The van der Waals surface area contributed by atoms with Crippen LogP contribution in [-0.4, -0.2) is 12.4 Å². The lowest BCUT2D eigenvalue weighted by Gasteiger charge is -2.05. The zero-order chi connectivity index (χ0) is 13.8. The maximum Gasteiger partial charge on any atom is 0.210 e. The summed E-state index contributed by atoms with van der Waals surface area (Å²) in [5.41, 5.74) is 0.509. The van der Waals surface area contributed by atoms with Crippen LogP contribution in [0.3, 0.4) is 0 Å². The number of rotatable bonds is 5. The summed E-state index contributed by atoms with van der Waals surface area (Å²) in [6.45, 7) is 3.70. The van der Waals surface area contributed by atoms with Crippen LogP contribution >= 0.6 is 11.3 Å². The highest BCUT2D eigenvalue weighted by Crippen LogP contribution is 2.19. The van der Waals surface area contributed by atoms with E-state index >= 15 is 0 Å². The SMILES string of the molecule is CCc1ccc(C(=O)COc2ccc(F)c(C)c2)s1. The second kappa shape index (κ2) is 5.97. The number of thiophene rings is 1. The lowest BCUT2D eigenvalue weighted by Crippen LogP contribution is -2.10. The molecule has 0 N–H and O–H groups in total. The molecular weight excluding hydrogens is 263 g/mol. The quantitative estimate of drug-likeness (QED) is 0.772. The van der Waals surface area contributed by atoms with Crippen LogP contribution in [0.4, 0.5) is 4.39 Å². The molecule has 0 atom stereocenters. The molecule has 0 saturated heterocycles. The molecule has 0 aliphatic heterocycles. The summed E-state index contributed by atoms with van der Waals surface area (Å²) in [6, 6.07) is 8.25. The highest BCUT2D eigenvalue weighted by Gasteiger charge is 2.10. The van der Waals surface area contributed by atoms with Crippen LogP contribution in [0, 0.1) is 12.7 Å². The van der Waals surface area contributed by atoms with E-state index in [1.54, 1.807) is 13.0 Å². The summed E-state index contributed by atoms with van der Waals surface area (Å²) in [7, 11) is 0. The molecule has 19 heavy (non-hydrogen) atoms. The maximum absolute atomic E-state index is 13.1. The number of carbonyl (C=O) groups excluding carboxylic acids is 1. The van der Waals surface area contributed by atoms with Gasteiger partial charge in [-0.3, -0.25) is 4.79 Å². The topological polar surface area (TPSA) is 26.3 Å². The van der Waals surface area contributed by atoms with Crippen molar-refractivity contribution in [3.05, 3.63) is 51.5 Å². The number of hydrogen-bond donors (Lipinski definition) is 0. The second-order valence-electron chi connectivity index (χ2n) is 4.24. The first kappa shape index (κ1) is 13.7. The number of ether oxygens (including phenoxy) is 1. The Bertz CT molecular complexity index is 590. The lowest BCUT2D eigenvalue weighted by atomic mass is 10.2. The van der Waals surface area contributed by atoms with Crippen LogP contribution in [0.15, 0.2) is 30.3 Å². The number of halogens is 1. The molecule has 0 aliphatic rings. The Labute approximate surface area is 115 Å². The Morgan fingerprint density at radius 2 is 2.11 bits per heavy atom. The largest absolute Gasteiger partial charge is 0.485 e. The summed E-state index contributed by atoms with van der Waals surface area (Å²) in [5, 5.41) is 0. The van der Waals surface area contributed by atoms with E-state index in [-0.39, 0.29) is 18.2 Å². The standard InChI is InChI=1S/C15H15FO2S/c1-3-12-5-7-15(19-12)14(17)9-18-11-4-6-13(16)10(2)8-11/h4-8H,3,9H2,1-2H3. The van der Waals surface area contributed by atoms with Gasteiger partial charge in [0.15, 0.2) is 6.61 Å². The molecule has 100 valence electrons. The fourth-order valence-electron chi connectivity index (χ4n) is 1.64. The van der Waals surface area contributed by atoms with Crippen LogP contribution < -0.4 is 4.74 Å². The summed E-state index contributed by atoms with van der Waals surface area (Å²) >= 11 is 1.49. The Balaban J connectivity index is 1.98. The zero-order valence-corrected chi connectivity index (χ0v) is 11.7. The van der Waals surface area contributed by atoms with Gasteiger partial charge in [-0.05, 0) is 49.2 Å². The maximum atomic E-state index is 13.1. The molecule has 0 bridgehead atoms. The molecule has 0 spiro atoms. The number of Topliss-reactive ketones (excluding diaryl/α,β-unsaturated/α-hetero) is 1. The van der Waals surface area contributed by atoms with Crippen LogP contribution in [0.2, 0.25) is 0 Å². The fourth-order valence-corrected chi connectivity index (χ4v) is 2.52. The van der Waals surface area contributed by atoms with Crippen molar-refractivity contribution < 1.29 is 13.9 Å². The first-order chi connectivity index (χ1) is 9.10. The first-order valence-electron chi connectivity index (χ1n) is 6.11. The van der Waals surface area contributed by atoms with E-state index < -0.39 is 0 Å². The summed E-state index contributed by atoms with van der Waals surface area (Å²) in [4.78, 5) is 13.8. The molecule has 0 amide bonds.